The van der Waals surface area contributed by atoms with Gasteiger partial charge in [0, 0.05) is 19.0 Å². The van der Waals surface area contributed by atoms with Crippen LogP contribution in [0.25, 0.3) is 11.0 Å². The molecule has 0 radical (unpaired) electrons. The van der Waals surface area contributed by atoms with Gasteiger partial charge in [0.1, 0.15) is 6.04 Å². The molecule has 110 valence electrons. The number of amides is 2. The maximum atomic E-state index is 12.1. The van der Waals surface area contributed by atoms with E-state index in [0.717, 1.165) is 16.7 Å². The number of nitrogens with zero attached hydrogens (tertiary/aromatic N) is 3. The van der Waals surface area contributed by atoms with Crippen molar-refractivity contribution in [3.05, 3.63) is 18.0 Å². The summed E-state index contributed by atoms with van der Waals surface area (Å²) in [5.74, 6) is -0.300. The largest absolute Gasteiger partial charge is 0.353 e. The van der Waals surface area contributed by atoms with E-state index in [4.69, 9.17) is 0 Å². The smallest absolute Gasteiger partial charge is 0.243 e. The second-order valence-corrected chi connectivity index (χ2v) is 5.03. The summed E-state index contributed by atoms with van der Waals surface area (Å²) in [6.45, 7) is 2.33. The summed E-state index contributed by atoms with van der Waals surface area (Å²) >= 11 is 0. The first kappa shape index (κ1) is 13.5. The lowest BCUT2D eigenvalue weighted by molar-refractivity contribution is -0.124. The first-order valence-electron chi connectivity index (χ1n) is 6.65. The van der Waals surface area contributed by atoms with Gasteiger partial charge in [-0.15, -0.1) is 0 Å². The lowest BCUT2D eigenvalue weighted by Gasteiger charge is -2.23. The van der Waals surface area contributed by atoms with Gasteiger partial charge in [0.2, 0.25) is 11.8 Å². The molecule has 0 aliphatic carbocycles. The van der Waals surface area contributed by atoms with Crippen molar-refractivity contribution in [2.45, 2.75) is 13.0 Å². The van der Waals surface area contributed by atoms with E-state index in [9.17, 15) is 9.59 Å². The van der Waals surface area contributed by atoms with Gasteiger partial charge < -0.3 is 10.6 Å². The molecule has 8 nitrogen and oxygen atoms in total. The lowest BCUT2D eigenvalue weighted by atomic mass is 10.2. The van der Waals surface area contributed by atoms with Gasteiger partial charge in [0.25, 0.3) is 0 Å². The Morgan fingerprint density at radius 1 is 1.52 bits per heavy atom. The molecule has 1 unspecified atom stereocenters. The van der Waals surface area contributed by atoms with Crippen molar-refractivity contribution in [1.82, 2.24) is 25.4 Å². The van der Waals surface area contributed by atoms with Crippen LogP contribution >= 0.6 is 0 Å². The van der Waals surface area contributed by atoms with Crippen LogP contribution < -0.4 is 16.0 Å². The van der Waals surface area contributed by atoms with Gasteiger partial charge in [-0.2, -0.15) is 5.10 Å². The second-order valence-electron chi connectivity index (χ2n) is 5.03. The molecular weight excluding hydrogens is 272 g/mol. The predicted molar refractivity (Wildman–Crippen MR) is 76.7 cm³/mol. The molecule has 1 atom stereocenters. The van der Waals surface area contributed by atoms with E-state index >= 15 is 0 Å². The number of hydrogen-bond acceptors (Lipinski definition) is 5. The predicted octanol–water partition coefficient (Wildman–Crippen LogP) is -0.697. The zero-order chi connectivity index (χ0) is 15.0. The number of fused-ring (bicyclic) bond motifs is 1. The summed E-state index contributed by atoms with van der Waals surface area (Å²) in [6, 6.07) is 1.41. The number of aromatic nitrogens is 3. The minimum absolute atomic E-state index is 0.104. The highest BCUT2D eigenvalue weighted by Crippen LogP contribution is 2.19. The number of pyridine rings is 1. The normalized spacial score (nSPS) is 18.6. The molecular formula is C13H16N6O2. The average Bonchev–Trinajstić information content (AvgIpc) is 2.74. The van der Waals surface area contributed by atoms with E-state index in [0.29, 0.717) is 5.69 Å². The molecule has 0 spiro atoms. The molecule has 3 heterocycles. The number of anilines is 1. The molecule has 1 fully saturated rings. The van der Waals surface area contributed by atoms with Crippen molar-refractivity contribution < 1.29 is 9.59 Å². The number of carbonyl (C=O) groups excluding carboxylic acids is 2. The Balaban J connectivity index is 1.77. The molecule has 8 heteroatoms. The van der Waals surface area contributed by atoms with Crippen LogP contribution in [0, 0.1) is 6.92 Å². The molecule has 1 aliphatic heterocycles. The number of nitrogens with one attached hydrogen (secondary N) is 3. The third-order valence-corrected chi connectivity index (χ3v) is 3.46. The second kappa shape index (κ2) is 5.13. The zero-order valence-corrected chi connectivity index (χ0v) is 11.8. The highest BCUT2D eigenvalue weighted by atomic mass is 16.2. The number of aryl methyl sites for hydroxylation is 2. The molecule has 3 rings (SSSR count). The average molecular weight is 288 g/mol. The molecule has 21 heavy (non-hydrogen) atoms. The minimum Gasteiger partial charge on any atom is -0.353 e. The Hall–Kier alpha value is -2.48. The highest BCUT2D eigenvalue weighted by Gasteiger charge is 2.23. The number of carbonyl (C=O) groups is 2. The van der Waals surface area contributed by atoms with E-state index < -0.39 is 6.04 Å². The Morgan fingerprint density at radius 2 is 2.33 bits per heavy atom. The molecule has 0 saturated carbocycles. The topological polar surface area (TPSA) is 101 Å². The van der Waals surface area contributed by atoms with Crippen molar-refractivity contribution in [2.24, 2.45) is 7.05 Å². The highest BCUT2D eigenvalue weighted by molar-refractivity contribution is 5.97. The fourth-order valence-electron chi connectivity index (χ4n) is 2.36. The van der Waals surface area contributed by atoms with Crippen LogP contribution in [0.15, 0.2) is 12.3 Å². The summed E-state index contributed by atoms with van der Waals surface area (Å²) in [5.41, 5.74) is 2.25. The molecule has 0 aromatic carbocycles. The molecule has 2 aromatic rings. The van der Waals surface area contributed by atoms with Gasteiger partial charge in [-0.25, -0.2) is 4.98 Å². The summed E-state index contributed by atoms with van der Waals surface area (Å²) in [6.07, 6.45) is 1.60. The number of piperazine rings is 1. The SMILES string of the molecule is Cc1nn(C)c2ncc(NC(=O)C3CNC(=O)CN3)cc12. The van der Waals surface area contributed by atoms with Crippen LogP contribution in [0.1, 0.15) is 5.69 Å². The first-order chi connectivity index (χ1) is 10.0. The zero-order valence-electron chi connectivity index (χ0n) is 11.8. The van der Waals surface area contributed by atoms with Crippen LogP contribution in [-0.2, 0) is 16.6 Å². The molecule has 2 aromatic heterocycles. The van der Waals surface area contributed by atoms with E-state index in [-0.39, 0.29) is 24.9 Å². The van der Waals surface area contributed by atoms with Gasteiger partial charge in [0.15, 0.2) is 5.65 Å². The van der Waals surface area contributed by atoms with Gasteiger partial charge in [-0.1, -0.05) is 0 Å². The van der Waals surface area contributed by atoms with Gasteiger partial charge in [-0.05, 0) is 13.0 Å². The summed E-state index contributed by atoms with van der Waals surface area (Å²) in [7, 11) is 1.83. The van der Waals surface area contributed by atoms with Gasteiger partial charge >= 0.3 is 0 Å². The molecule has 0 bridgehead atoms. The molecule has 2 amide bonds. The Bertz CT molecular complexity index is 713. The molecule has 1 saturated heterocycles. The first-order valence-corrected chi connectivity index (χ1v) is 6.65. The van der Waals surface area contributed by atoms with Crippen molar-refractivity contribution in [3.8, 4) is 0 Å². The van der Waals surface area contributed by atoms with Crippen molar-refractivity contribution in [3.63, 3.8) is 0 Å². The fraction of sp³-hybridized carbons (Fsp3) is 0.385. The molecule has 3 N–H and O–H groups in total. The monoisotopic (exact) mass is 288 g/mol. The summed E-state index contributed by atoms with van der Waals surface area (Å²) < 4.78 is 1.70. The van der Waals surface area contributed by atoms with Crippen LogP contribution in [0.4, 0.5) is 5.69 Å². The minimum atomic E-state index is -0.437. The summed E-state index contributed by atoms with van der Waals surface area (Å²) in [4.78, 5) is 27.5. The van der Waals surface area contributed by atoms with E-state index in [1.807, 2.05) is 20.0 Å². The Labute approximate surface area is 120 Å². The fourth-order valence-corrected chi connectivity index (χ4v) is 2.36. The number of hydrogen-bond donors (Lipinski definition) is 3. The molecule has 1 aliphatic rings. The quantitative estimate of drug-likeness (QED) is 0.678. The third kappa shape index (κ3) is 2.57. The van der Waals surface area contributed by atoms with Crippen molar-refractivity contribution >= 4 is 28.5 Å². The van der Waals surface area contributed by atoms with E-state index in [1.165, 1.54) is 0 Å². The van der Waals surface area contributed by atoms with Crippen LogP contribution in [-0.4, -0.2) is 45.7 Å². The Morgan fingerprint density at radius 3 is 3.05 bits per heavy atom. The van der Waals surface area contributed by atoms with E-state index in [1.54, 1.807) is 10.9 Å². The van der Waals surface area contributed by atoms with Gasteiger partial charge in [0.05, 0.1) is 24.1 Å². The lowest BCUT2D eigenvalue weighted by Crippen LogP contribution is -2.56. The van der Waals surface area contributed by atoms with Gasteiger partial charge in [-0.3, -0.25) is 19.6 Å². The Kier molecular flexibility index (Phi) is 3.30. The van der Waals surface area contributed by atoms with Crippen LogP contribution in [0.3, 0.4) is 0 Å². The number of rotatable bonds is 2. The van der Waals surface area contributed by atoms with Crippen LogP contribution in [0.5, 0.6) is 0 Å². The summed E-state index contributed by atoms with van der Waals surface area (Å²) in [5, 5.41) is 13.5. The standard InChI is InChI=1S/C13H16N6O2/c1-7-9-3-8(4-16-12(9)19(2)18-7)17-13(21)10-5-15-11(20)6-14-10/h3-4,10,14H,5-6H2,1-2H3,(H,15,20)(H,17,21). The van der Waals surface area contributed by atoms with Crippen molar-refractivity contribution in [2.75, 3.05) is 18.4 Å². The maximum absolute atomic E-state index is 12.1. The third-order valence-electron chi connectivity index (χ3n) is 3.46. The van der Waals surface area contributed by atoms with Crippen molar-refractivity contribution in [1.29, 1.82) is 0 Å². The van der Waals surface area contributed by atoms with E-state index in [2.05, 4.69) is 26.0 Å². The maximum Gasteiger partial charge on any atom is 0.243 e. The van der Waals surface area contributed by atoms with Crippen LogP contribution in [0.2, 0.25) is 0 Å².